The fraction of sp³-hybridized carbons (Fsp3) is 0.200. The molecule has 5 nitrogen and oxygen atoms in total. The summed E-state index contributed by atoms with van der Waals surface area (Å²) in [7, 11) is 2.98. The van der Waals surface area contributed by atoms with Crippen LogP contribution in [0.4, 0.5) is 0 Å². The number of halogens is 1. The summed E-state index contributed by atoms with van der Waals surface area (Å²) in [6.07, 6.45) is 0. The van der Waals surface area contributed by atoms with Crippen molar-refractivity contribution in [2.24, 2.45) is 0 Å². The number of carbonyl (C=O) groups is 2. The Morgan fingerprint density at radius 2 is 1.82 bits per heavy atom. The van der Waals surface area contributed by atoms with Crippen LogP contribution >= 0.6 is 27.3 Å². The molecule has 0 bridgehead atoms. The zero-order chi connectivity index (χ0) is 16.1. The van der Waals surface area contributed by atoms with Crippen molar-refractivity contribution in [3.8, 4) is 11.5 Å². The predicted molar refractivity (Wildman–Crippen MR) is 86.2 cm³/mol. The molecule has 1 heterocycles. The molecule has 1 aromatic heterocycles. The molecule has 0 aliphatic rings. The molecule has 0 aliphatic carbocycles. The van der Waals surface area contributed by atoms with E-state index < -0.39 is 5.97 Å². The minimum atomic E-state index is -0.593. The standard InChI is InChI=1S/C15H13BrO5S/c1-19-11-4-3-9(7-12(11)20-2)15(18)21-8-10(17)13-5-6-14(16)22-13/h3-7H,8H2,1-2H3. The summed E-state index contributed by atoms with van der Waals surface area (Å²) in [6.45, 7) is -0.305. The molecule has 2 aromatic rings. The van der Waals surface area contributed by atoms with E-state index in [1.54, 1.807) is 24.3 Å². The average molecular weight is 385 g/mol. The number of methoxy groups -OCH3 is 2. The van der Waals surface area contributed by atoms with E-state index in [4.69, 9.17) is 14.2 Å². The molecule has 0 amide bonds. The van der Waals surface area contributed by atoms with Crippen LogP contribution in [0.5, 0.6) is 11.5 Å². The quantitative estimate of drug-likeness (QED) is 0.562. The Balaban J connectivity index is 2.02. The molecule has 0 unspecified atom stereocenters. The maximum Gasteiger partial charge on any atom is 0.338 e. The zero-order valence-corrected chi connectivity index (χ0v) is 14.3. The highest BCUT2D eigenvalue weighted by Crippen LogP contribution is 2.28. The lowest BCUT2D eigenvalue weighted by Crippen LogP contribution is -2.13. The number of hydrogen-bond acceptors (Lipinski definition) is 6. The van der Waals surface area contributed by atoms with E-state index >= 15 is 0 Å². The topological polar surface area (TPSA) is 61.8 Å². The average Bonchev–Trinajstić information content (AvgIpc) is 2.98. The summed E-state index contributed by atoms with van der Waals surface area (Å²) in [6, 6.07) is 8.12. The van der Waals surface area contributed by atoms with Gasteiger partial charge in [0.25, 0.3) is 0 Å². The Labute approximate surface area is 139 Å². The normalized spacial score (nSPS) is 10.1. The highest BCUT2D eigenvalue weighted by atomic mass is 79.9. The molecule has 1 aromatic carbocycles. The molecule has 0 N–H and O–H groups in total. The van der Waals surface area contributed by atoms with Crippen LogP contribution in [0, 0.1) is 0 Å². The summed E-state index contributed by atoms with van der Waals surface area (Å²) in [5.41, 5.74) is 0.290. The largest absolute Gasteiger partial charge is 0.493 e. The summed E-state index contributed by atoms with van der Waals surface area (Å²) in [4.78, 5) is 24.4. The Bertz CT molecular complexity index is 695. The molecule has 0 saturated carbocycles. The van der Waals surface area contributed by atoms with Crippen molar-refractivity contribution in [1.82, 2.24) is 0 Å². The van der Waals surface area contributed by atoms with Gasteiger partial charge >= 0.3 is 5.97 Å². The summed E-state index contributed by atoms with van der Waals surface area (Å²) >= 11 is 4.57. The van der Waals surface area contributed by atoms with Gasteiger partial charge in [0.15, 0.2) is 18.1 Å². The second-order valence-electron chi connectivity index (χ2n) is 4.17. The van der Waals surface area contributed by atoms with E-state index in [1.807, 2.05) is 0 Å². The second kappa shape index (κ2) is 7.42. The summed E-state index contributed by atoms with van der Waals surface area (Å²) in [5.74, 6) is 0.0958. The van der Waals surface area contributed by atoms with Crippen molar-refractivity contribution < 1.29 is 23.8 Å². The lowest BCUT2D eigenvalue weighted by Gasteiger charge is -2.09. The number of esters is 1. The predicted octanol–water partition coefficient (Wildman–Crippen LogP) is 3.57. The third-order valence-electron chi connectivity index (χ3n) is 2.80. The summed E-state index contributed by atoms with van der Waals surface area (Å²) < 4.78 is 16.1. The monoisotopic (exact) mass is 384 g/mol. The van der Waals surface area contributed by atoms with Gasteiger partial charge in [0.05, 0.1) is 28.4 Å². The van der Waals surface area contributed by atoms with Crippen molar-refractivity contribution in [1.29, 1.82) is 0 Å². The molecule has 0 saturated heterocycles. The van der Waals surface area contributed by atoms with Gasteiger partial charge in [-0.15, -0.1) is 11.3 Å². The van der Waals surface area contributed by atoms with Gasteiger partial charge in [-0.25, -0.2) is 4.79 Å². The Morgan fingerprint density at radius 3 is 2.41 bits per heavy atom. The van der Waals surface area contributed by atoms with Crippen LogP contribution < -0.4 is 9.47 Å². The van der Waals surface area contributed by atoms with Crippen LogP contribution in [0.3, 0.4) is 0 Å². The number of Topliss-reactive ketones (excluding diaryl/α,β-unsaturated/α-hetero) is 1. The molecule has 0 aliphatic heterocycles. The van der Waals surface area contributed by atoms with Gasteiger partial charge < -0.3 is 14.2 Å². The number of benzene rings is 1. The third-order valence-corrected chi connectivity index (χ3v) is 4.47. The fourth-order valence-electron chi connectivity index (χ4n) is 1.71. The maximum absolute atomic E-state index is 12.0. The number of ether oxygens (including phenoxy) is 3. The second-order valence-corrected chi connectivity index (χ2v) is 6.64. The van der Waals surface area contributed by atoms with Gasteiger partial charge in [0.2, 0.25) is 5.78 Å². The fourth-order valence-corrected chi connectivity index (χ4v) is 3.02. The number of hydrogen-bond donors (Lipinski definition) is 0. The van der Waals surface area contributed by atoms with E-state index in [1.165, 1.54) is 31.6 Å². The molecule has 0 fully saturated rings. The number of ketones is 1. The minimum Gasteiger partial charge on any atom is -0.493 e. The van der Waals surface area contributed by atoms with Gasteiger partial charge in [0.1, 0.15) is 0 Å². The SMILES string of the molecule is COc1ccc(C(=O)OCC(=O)c2ccc(Br)s2)cc1OC. The van der Waals surface area contributed by atoms with Crippen molar-refractivity contribution in [3.05, 3.63) is 44.6 Å². The molecular formula is C15H13BrO5S. The molecule has 7 heteroatoms. The Hall–Kier alpha value is -1.86. The molecule has 22 heavy (non-hydrogen) atoms. The van der Waals surface area contributed by atoms with Gasteiger partial charge in [-0.05, 0) is 46.3 Å². The molecular weight excluding hydrogens is 372 g/mol. The van der Waals surface area contributed by atoms with Gasteiger partial charge in [-0.1, -0.05) is 0 Å². The van der Waals surface area contributed by atoms with E-state index in [0.717, 1.165) is 3.79 Å². The van der Waals surface area contributed by atoms with Crippen LogP contribution in [-0.2, 0) is 4.74 Å². The molecule has 0 atom stereocenters. The highest BCUT2D eigenvalue weighted by Gasteiger charge is 2.15. The van der Waals surface area contributed by atoms with E-state index in [2.05, 4.69) is 15.9 Å². The van der Waals surface area contributed by atoms with Crippen molar-refractivity contribution in [3.63, 3.8) is 0 Å². The third kappa shape index (κ3) is 3.86. The molecule has 2 rings (SSSR count). The smallest absolute Gasteiger partial charge is 0.338 e. The van der Waals surface area contributed by atoms with Crippen LogP contribution in [0.1, 0.15) is 20.0 Å². The van der Waals surface area contributed by atoms with Crippen LogP contribution in [0.2, 0.25) is 0 Å². The van der Waals surface area contributed by atoms with Crippen LogP contribution in [0.15, 0.2) is 34.1 Å². The number of rotatable bonds is 6. The van der Waals surface area contributed by atoms with Crippen molar-refractivity contribution >= 4 is 39.0 Å². The van der Waals surface area contributed by atoms with Crippen LogP contribution in [-0.4, -0.2) is 32.6 Å². The minimum absolute atomic E-state index is 0.246. The molecule has 0 radical (unpaired) electrons. The first-order valence-corrected chi connectivity index (χ1v) is 7.83. The van der Waals surface area contributed by atoms with Gasteiger partial charge in [-0.2, -0.15) is 0 Å². The lowest BCUT2D eigenvalue weighted by atomic mass is 10.2. The van der Waals surface area contributed by atoms with E-state index in [0.29, 0.717) is 16.4 Å². The first kappa shape index (κ1) is 16.5. The zero-order valence-electron chi connectivity index (χ0n) is 11.9. The van der Waals surface area contributed by atoms with E-state index in [-0.39, 0.29) is 18.0 Å². The van der Waals surface area contributed by atoms with Gasteiger partial charge in [-0.3, -0.25) is 4.79 Å². The van der Waals surface area contributed by atoms with Crippen LogP contribution in [0.25, 0.3) is 0 Å². The first-order valence-electron chi connectivity index (χ1n) is 6.23. The Kier molecular flexibility index (Phi) is 5.57. The molecule has 116 valence electrons. The number of carbonyl (C=O) groups excluding carboxylic acids is 2. The maximum atomic E-state index is 12.0. The first-order chi connectivity index (χ1) is 10.5. The lowest BCUT2D eigenvalue weighted by molar-refractivity contribution is 0.0475. The van der Waals surface area contributed by atoms with E-state index in [9.17, 15) is 9.59 Å². The van der Waals surface area contributed by atoms with Gasteiger partial charge in [0, 0.05) is 0 Å². The highest BCUT2D eigenvalue weighted by molar-refractivity contribution is 9.11. The summed E-state index contributed by atoms with van der Waals surface area (Å²) in [5, 5.41) is 0. The van der Waals surface area contributed by atoms with Crippen molar-refractivity contribution in [2.75, 3.05) is 20.8 Å². The molecule has 0 spiro atoms. The Morgan fingerprint density at radius 1 is 1.09 bits per heavy atom. The van der Waals surface area contributed by atoms with Crippen molar-refractivity contribution in [2.45, 2.75) is 0 Å². The number of thiophene rings is 1.